The number of hydrogen-bond donors (Lipinski definition) is 1. The number of benzene rings is 2. The second kappa shape index (κ2) is 8.55. The van der Waals surface area contributed by atoms with Gasteiger partial charge in [0.05, 0.1) is 18.4 Å². The fourth-order valence-electron chi connectivity index (χ4n) is 2.94. The molecular weight excluding hydrogens is 376 g/mol. The number of fused-ring (bicyclic) bond motifs is 1. The van der Waals surface area contributed by atoms with Crippen LogP contribution in [0.1, 0.15) is 34.1 Å². The molecule has 1 aliphatic rings. The van der Waals surface area contributed by atoms with E-state index in [1.807, 2.05) is 0 Å². The number of anilines is 2. The highest BCUT2D eigenvalue weighted by molar-refractivity contribution is 6.06. The number of hydrogen-bond acceptors (Lipinski definition) is 6. The summed E-state index contributed by atoms with van der Waals surface area (Å²) in [7, 11) is 1.27. The zero-order chi connectivity index (χ0) is 21.0. The Hall–Kier alpha value is -3.68. The lowest BCUT2D eigenvalue weighted by Crippen LogP contribution is -2.43. The molecule has 8 nitrogen and oxygen atoms in total. The van der Waals surface area contributed by atoms with Gasteiger partial charge in [-0.25, -0.2) is 4.79 Å². The van der Waals surface area contributed by atoms with Crippen molar-refractivity contribution in [2.75, 3.05) is 30.5 Å². The smallest absolute Gasteiger partial charge is 0.337 e. The molecule has 3 rings (SSSR count). The average molecular weight is 396 g/mol. The second-order valence-corrected chi connectivity index (χ2v) is 6.35. The minimum absolute atomic E-state index is 0.0742. The lowest BCUT2D eigenvalue weighted by Gasteiger charge is -2.29. The molecule has 8 heteroatoms. The third-order valence-corrected chi connectivity index (χ3v) is 4.41. The molecule has 0 aliphatic carbocycles. The summed E-state index contributed by atoms with van der Waals surface area (Å²) in [5.41, 5.74) is 1.51. The third-order valence-electron chi connectivity index (χ3n) is 4.41. The summed E-state index contributed by atoms with van der Waals surface area (Å²) in [6, 6.07) is 11.1. The number of carbonyl (C=O) groups excluding carboxylic acids is 4. The summed E-state index contributed by atoms with van der Waals surface area (Å²) < 4.78 is 10.1. The minimum atomic E-state index is -0.522. The van der Waals surface area contributed by atoms with Crippen molar-refractivity contribution in [2.24, 2.45) is 0 Å². The molecule has 1 aliphatic heterocycles. The zero-order valence-electron chi connectivity index (χ0n) is 16.1. The Kier molecular flexibility index (Phi) is 5.92. The molecule has 0 spiro atoms. The molecule has 2 aromatic rings. The van der Waals surface area contributed by atoms with Gasteiger partial charge in [-0.1, -0.05) is 13.0 Å². The molecule has 0 aromatic heterocycles. The molecule has 150 valence electrons. The van der Waals surface area contributed by atoms with Gasteiger partial charge >= 0.3 is 5.97 Å². The second-order valence-electron chi connectivity index (χ2n) is 6.35. The first-order chi connectivity index (χ1) is 13.9. The topological polar surface area (TPSA) is 102 Å². The van der Waals surface area contributed by atoms with Gasteiger partial charge in [-0.2, -0.15) is 0 Å². The Bertz CT molecular complexity index is 985. The van der Waals surface area contributed by atoms with E-state index >= 15 is 0 Å². The molecule has 0 radical (unpaired) electrons. The molecule has 1 N–H and O–H groups in total. The van der Waals surface area contributed by atoms with Crippen LogP contribution in [0.5, 0.6) is 5.75 Å². The van der Waals surface area contributed by atoms with Crippen molar-refractivity contribution in [3.63, 3.8) is 0 Å². The molecule has 0 saturated carbocycles. The first-order valence-corrected chi connectivity index (χ1v) is 9.01. The van der Waals surface area contributed by atoms with Crippen LogP contribution in [0.15, 0.2) is 42.5 Å². The van der Waals surface area contributed by atoms with Crippen LogP contribution in [0, 0.1) is 0 Å². The van der Waals surface area contributed by atoms with Gasteiger partial charge in [0.2, 0.25) is 5.91 Å². The number of nitrogens with one attached hydrogen (secondary N) is 1. The van der Waals surface area contributed by atoms with Gasteiger partial charge in [-0.15, -0.1) is 0 Å². The van der Waals surface area contributed by atoms with Crippen LogP contribution < -0.4 is 15.0 Å². The van der Waals surface area contributed by atoms with Gasteiger partial charge in [0, 0.05) is 17.7 Å². The van der Waals surface area contributed by atoms with E-state index in [1.165, 1.54) is 18.1 Å². The predicted molar refractivity (Wildman–Crippen MR) is 105 cm³/mol. The van der Waals surface area contributed by atoms with Crippen LogP contribution >= 0.6 is 0 Å². The van der Waals surface area contributed by atoms with E-state index in [9.17, 15) is 19.2 Å². The van der Waals surface area contributed by atoms with E-state index in [4.69, 9.17) is 4.74 Å². The number of esters is 1. The first kappa shape index (κ1) is 20.1. The number of Topliss-reactive ketones (excluding diaryl/α,β-unsaturated/α-hetero) is 1. The molecule has 0 fully saturated rings. The van der Waals surface area contributed by atoms with Crippen LogP contribution in [-0.2, 0) is 14.3 Å². The lowest BCUT2D eigenvalue weighted by atomic mass is 10.1. The number of methoxy groups -OCH3 is 1. The van der Waals surface area contributed by atoms with Gasteiger partial charge in [0.1, 0.15) is 12.3 Å². The molecule has 0 saturated heterocycles. The fourth-order valence-corrected chi connectivity index (χ4v) is 2.94. The standard InChI is InChI=1S/C21H20N2O6/c1-3-17(24)13-7-8-18-16(10-13)23(20(26)12-29-18)11-19(25)22-15-6-4-5-14(9-15)21(27)28-2/h4-10H,3,11-12H2,1-2H3,(H,22,25). The molecule has 2 aromatic carbocycles. The summed E-state index contributed by atoms with van der Waals surface area (Å²) in [4.78, 5) is 49.8. The number of rotatable bonds is 6. The van der Waals surface area contributed by atoms with E-state index in [0.29, 0.717) is 34.7 Å². The Morgan fingerprint density at radius 2 is 1.93 bits per heavy atom. The van der Waals surface area contributed by atoms with Crippen molar-refractivity contribution in [3.05, 3.63) is 53.6 Å². The van der Waals surface area contributed by atoms with E-state index in [2.05, 4.69) is 10.1 Å². The summed E-state index contributed by atoms with van der Waals surface area (Å²) in [5.74, 6) is -1.02. The van der Waals surface area contributed by atoms with Crippen LogP contribution in [0.4, 0.5) is 11.4 Å². The summed E-state index contributed by atoms with van der Waals surface area (Å²) >= 11 is 0. The van der Waals surface area contributed by atoms with Crippen molar-refractivity contribution in [3.8, 4) is 5.75 Å². The Morgan fingerprint density at radius 3 is 2.66 bits per heavy atom. The average Bonchev–Trinajstić information content (AvgIpc) is 2.74. The quantitative estimate of drug-likeness (QED) is 0.594. The molecule has 0 unspecified atom stereocenters. The normalized spacial score (nSPS) is 12.6. The van der Waals surface area contributed by atoms with E-state index in [-0.39, 0.29) is 18.9 Å². The maximum absolute atomic E-state index is 12.5. The number of ether oxygens (including phenoxy) is 2. The molecule has 1 heterocycles. The van der Waals surface area contributed by atoms with Crippen LogP contribution in [0.2, 0.25) is 0 Å². The summed E-state index contributed by atoms with van der Waals surface area (Å²) in [5, 5.41) is 2.66. The van der Waals surface area contributed by atoms with Gasteiger partial charge in [0.25, 0.3) is 5.91 Å². The van der Waals surface area contributed by atoms with Crippen LogP contribution in [0.3, 0.4) is 0 Å². The van der Waals surface area contributed by atoms with Gasteiger partial charge < -0.3 is 14.8 Å². The minimum Gasteiger partial charge on any atom is -0.482 e. The van der Waals surface area contributed by atoms with Gasteiger partial charge in [-0.3, -0.25) is 19.3 Å². The van der Waals surface area contributed by atoms with Crippen molar-refractivity contribution >= 4 is 34.9 Å². The molecule has 0 atom stereocenters. The molecule has 29 heavy (non-hydrogen) atoms. The molecule has 2 amide bonds. The van der Waals surface area contributed by atoms with Crippen LogP contribution in [-0.4, -0.2) is 43.8 Å². The predicted octanol–water partition coefficient (Wildman–Crippen LogP) is 2.43. The first-order valence-electron chi connectivity index (χ1n) is 9.01. The Morgan fingerprint density at radius 1 is 1.14 bits per heavy atom. The monoisotopic (exact) mass is 396 g/mol. The highest BCUT2D eigenvalue weighted by atomic mass is 16.5. The largest absolute Gasteiger partial charge is 0.482 e. The molecule has 0 bridgehead atoms. The highest BCUT2D eigenvalue weighted by Crippen LogP contribution is 2.33. The number of carbonyl (C=O) groups is 4. The Balaban J connectivity index is 1.79. The van der Waals surface area contributed by atoms with Crippen molar-refractivity contribution < 1.29 is 28.7 Å². The third kappa shape index (κ3) is 4.43. The Labute approximate surface area is 167 Å². The van der Waals surface area contributed by atoms with E-state index < -0.39 is 17.8 Å². The van der Waals surface area contributed by atoms with E-state index in [1.54, 1.807) is 43.3 Å². The fraction of sp³-hybridized carbons (Fsp3) is 0.238. The zero-order valence-corrected chi connectivity index (χ0v) is 16.1. The van der Waals surface area contributed by atoms with Crippen molar-refractivity contribution in [1.82, 2.24) is 0 Å². The maximum atomic E-state index is 12.5. The number of nitrogens with zero attached hydrogens (tertiary/aromatic N) is 1. The number of amides is 2. The van der Waals surface area contributed by atoms with Crippen LogP contribution in [0.25, 0.3) is 0 Å². The summed E-state index contributed by atoms with van der Waals surface area (Å²) in [6.07, 6.45) is 0.324. The summed E-state index contributed by atoms with van der Waals surface area (Å²) in [6.45, 7) is 1.29. The van der Waals surface area contributed by atoms with Gasteiger partial charge in [-0.05, 0) is 36.4 Å². The SMILES string of the molecule is CCC(=O)c1ccc2c(c1)N(CC(=O)Nc1cccc(C(=O)OC)c1)C(=O)CO2. The molecular formula is C21H20N2O6. The van der Waals surface area contributed by atoms with E-state index in [0.717, 1.165) is 0 Å². The van der Waals surface area contributed by atoms with Crippen molar-refractivity contribution in [1.29, 1.82) is 0 Å². The highest BCUT2D eigenvalue weighted by Gasteiger charge is 2.28. The van der Waals surface area contributed by atoms with Gasteiger partial charge in [0.15, 0.2) is 12.4 Å². The maximum Gasteiger partial charge on any atom is 0.337 e. The number of ketones is 1. The lowest BCUT2D eigenvalue weighted by molar-refractivity contribution is -0.123. The van der Waals surface area contributed by atoms with Crippen molar-refractivity contribution in [2.45, 2.75) is 13.3 Å².